The Kier molecular flexibility index (Phi) is 5.18. The lowest BCUT2D eigenvalue weighted by Gasteiger charge is -2.29. The fourth-order valence-corrected chi connectivity index (χ4v) is 4.36. The molecule has 122 valence electrons. The van der Waals surface area contributed by atoms with Crippen LogP contribution in [0.5, 0.6) is 0 Å². The molecule has 2 fully saturated rings. The average molecular weight is 323 g/mol. The Morgan fingerprint density at radius 2 is 1.95 bits per heavy atom. The molecule has 3 rings (SSSR count). The van der Waals surface area contributed by atoms with E-state index in [-0.39, 0.29) is 36.3 Å². The first-order valence-corrected chi connectivity index (χ1v) is 8.11. The van der Waals surface area contributed by atoms with Crippen LogP contribution >= 0.6 is 12.4 Å². The molecule has 2 saturated carbocycles. The van der Waals surface area contributed by atoms with Crippen molar-refractivity contribution in [3.8, 4) is 0 Å². The second-order valence-corrected chi connectivity index (χ2v) is 6.96. The van der Waals surface area contributed by atoms with E-state index in [0.717, 1.165) is 6.42 Å². The molecule has 5 unspecified atom stereocenters. The van der Waals surface area contributed by atoms with Gasteiger partial charge in [-0.2, -0.15) is 0 Å². The van der Waals surface area contributed by atoms with Gasteiger partial charge in [-0.1, -0.05) is 18.2 Å². The Balaban J connectivity index is 0.00000176. The van der Waals surface area contributed by atoms with Gasteiger partial charge in [0.2, 0.25) is 5.91 Å². The first-order valence-electron chi connectivity index (χ1n) is 8.11. The summed E-state index contributed by atoms with van der Waals surface area (Å²) in [5.41, 5.74) is 10.0. The molecular formula is C18H27ClN2O. The van der Waals surface area contributed by atoms with Crippen LogP contribution in [0, 0.1) is 31.6 Å². The normalized spacial score (nSPS) is 30.7. The zero-order valence-corrected chi connectivity index (χ0v) is 14.5. The Morgan fingerprint density at radius 3 is 2.59 bits per heavy atom. The smallest absolute Gasteiger partial charge is 0.225 e. The zero-order chi connectivity index (χ0) is 15.1. The summed E-state index contributed by atoms with van der Waals surface area (Å²) in [5, 5.41) is 3.20. The lowest BCUT2D eigenvalue weighted by molar-refractivity contribution is -0.127. The van der Waals surface area contributed by atoms with E-state index in [1.165, 1.54) is 29.5 Å². The van der Waals surface area contributed by atoms with Gasteiger partial charge in [-0.15, -0.1) is 12.4 Å². The molecule has 22 heavy (non-hydrogen) atoms. The SMILES string of the molecule is Cc1cccc(C(C)NC(=O)C2C3CCC(C3)C2N)c1C.Cl. The van der Waals surface area contributed by atoms with Crippen LogP contribution < -0.4 is 11.1 Å². The minimum Gasteiger partial charge on any atom is -0.349 e. The highest BCUT2D eigenvalue weighted by molar-refractivity contribution is 5.85. The lowest BCUT2D eigenvalue weighted by Crippen LogP contribution is -2.45. The number of carbonyl (C=O) groups is 1. The lowest BCUT2D eigenvalue weighted by atomic mass is 9.84. The number of halogens is 1. The van der Waals surface area contributed by atoms with Gasteiger partial charge in [0.1, 0.15) is 0 Å². The van der Waals surface area contributed by atoms with Crippen LogP contribution in [0.25, 0.3) is 0 Å². The van der Waals surface area contributed by atoms with Crippen molar-refractivity contribution in [3.63, 3.8) is 0 Å². The molecule has 2 aliphatic rings. The summed E-state index contributed by atoms with van der Waals surface area (Å²) in [4.78, 5) is 12.6. The quantitative estimate of drug-likeness (QED) is 0.897. The highest BCUT2D eigenvalue weighted by Gasteiger charge is 2.49. The Morgan fingerprint density at radius 1 is 1.27 bits per heavy atom. The third-order valence-electron chi connectivity index (χ3n) is 5.76. The van der Waals surface area contributed by atoms with Crippen LogP contribution in [0.4, 0.5) is 0 Å². The number of hydrogen-bond donors (Lipinski definition) is 2. The van der Waals surface area contributed by atoms with Crippen molar-refractivity contribution in [2.24, 2.45) is 23.5 Å². The molecule has 1 aromatic carbocycles. The fraction of sp³-hybridized carbons (Fsp3) is 0.611. The van der Waals surface area contributed by atoms with E-state index in [4.69, 9.17) is 5.73 Å². The standard InChI is InChI=1S/C18H26N2O.ClH/c1-10-5-4-6-15(11(10)2)12(3)20-18(21)16-13-7-8-14(9-13)17(16)19;/h4-6,12-14,16-17H,7-9,19H2,1-3H3,(H,20,21);1H. The molecule has 0 aromatic heterocycles. The van der Waals surface area contributed by atoms with E-state index < -0.39 is 0 Å². The van der Waals surface area contributed by atoms with Crippen molar-refractivity contribution < 1.29 is 4.79 Å². The van der Waals surface area contributed by atoms with Gasteiger partial charge in [0, 0.05) is 6.04 Å². The number of nitrogens with two attached hydrogens (primary N) is 1. The number of nitrogens with one attached hydrogen (secondary N) is 1. The monoisotopic (exact) mass is 322 g/mol. The van der Waals surface area contributed by atoms with Gasteiger partial charge in [-0.05, 0) is 68.6 Å². The molecule has 0 saturated heterocycles. The minimum absolute atomic E-state index is 0. The molecule has 3 nitrogen and oxygen atoms in total. The summed E-state index contributed by atoms with van der Waals surface area (Å²) < 4.78 is 0. The average Bonchev–Trinajstić information content (AvgIpc) is 3.02. The van der Waals surface area contributed by atoms with Gasteiger partial charge in [0.05, 0.1) is 12.0 Å². The Hall–Kier alpha value is -1.06. The van der Waals surface area contributed by atoms with Gasteiger partial charge in [0.15, 0.2) is 0 Å². The third kappa shape index (κ3) is 2.89. The number of hydrogen-bond acceptors (Lipinski definition) is 2. The molecule has 2 aliphatic carbocycles. The van der Waals surface area contributed by atoms with Gasteiger partial charge < -0.3 is 11.1 Å². The number of aryl methyl sites for hydroxylation is 1. The summed E-state index contributed by atoms with van der Waals surface area (Å²) in [7, 11) is 0. The minimum atomic E-state index is 0. The number of carbonyl (C=O) groups excluding carboxylic acids is 1. The van der Waals surface area contributed by atoms with Gasteiger partial charge in [-0.25, -0.2) is 0 Å². The molecule has 0 heterocycles. The van der Waals surface area contributed by atoms with E-state index in [1.807, 2.05) is 0 Å². The molecule has 1 aromatic rings. The molecule has 3 N–H and O–H groups in total. The van der Waals surface area contributed by atoms with Gasteiger partial charge in [-0.3, -0.25) is 4.79 Å². The number of fused-ring (bicyclic) bond motifs is 2. The summed E-state index contributed by atoms with van der Waals surface area (Å²) in [6.07, 6.45) is 3.54. The predicted molar refractivity (Wildman–Crippen MR) is 92.0 cm³/mol. The maximum absolute atomic E-state index is 12.6. The Bertz CT molecular complexity index is 558. The Labute approximate surface area is 139 Å². The molecule has 1 amide bonds. The maximum atomic E-state index is 12.6. The molecule has 0 spiro atoms. The summed E-state index contributed by atoms with van der Waals surface area (Å²) >= 11 is 0. The van der Waals surface area contributed by atoms with Crippen LogP contribution in [0.15, 0.2) is 18.2 Å². The largest absolute Gasteiger partial charge is 0.349 e. The first kappa shape index (κ1) is 17.3. The van der Waals surface area contributed by atoms with Crippen LogP contribution in [0.2, 0.25) is 0 Å². The topological polar surface area (TPSA) is 55.1 Å². The third-order valence-corrected chi connectivity index (χ3v) is 5.76. The van der Waals surface area contributed by atoms with Crippen LogP contribution in [-0.2, 0) is 4.79 Å². The predicted octanol–water partition coefficient (Wildman–Crippen LogP) is 3.28. The van der Waals surface area contributed by atoms with Crippen molar-refractivity contribution in [2.45, 2.75) is 52.1 Å². The molecular weight excluding hydrogens is 296 g/mol. The second kappa shape index (κ2) is 6.59. The highest BCUT2D eigenvalue weighted by atomic mass is 35.5. The summed E-state index contributed by atoms with van der Waals surface area (Å²) in [6.45, 7) is 6.30. The van der Waals surface area contributed by atoms with Gasteiger partial charge in [0.25, 0.3) is 0 Å². The molecule has 2 bridgehead atoms. The molecule has 5 atom stereocenters. The number of rotatable bonds is 3. The van der Waals surface area contributed by atoms with Crippen molar-refractivity contribution in [1.82, 2.24) is 5.32 Å². The zero-order valence-electron chi connectivity index (χ0n) is 13.6. The van der Waals surface area contributed by atoms with Crippen LogP contribution in [0.3, 0.4) is 0 Å². The second-order valence-electron chi connectivity index (χ2n) is 6.96. The van der Waals surface area contributed by atoms with E-state index in [2.05, 4.69) is 44.3 Å². The highest BCUT2D eigenvalue weighted by Crippen LogP contribution is 2.47. The van der Waals surface area contributed by atoms with Crippen LogP contribution in [-0.4, -0.2) is 11.9 Å². The fourth-order valence-electron chi connectivity index (χ4n) is 4.36. The van der Waals surface area contributed by atoms with E-state index in [9.17, 15) is 4.79 Å². The summed E-state index contributed by atoms with van der Waals surface area (Å²) in [5.74, 6) is 1.26. The molecule has 0 aliphatic heterocycles. The number of amides is 1. The van der Waals surface area contributed by atoms with Crippen molar-refractivity contribution in [2.75, 3.05) is 0 Å². The summed E-state index contributed by atoms with van der Waals surface area (Å²) in [6, 6.07) is 6.38. The van der Waals surface area contributed by atoms with Crippen molar-refractivity contribution in [3.05, 3.63) is 34.9 Å². The van der Waals surface area contributed by atoms with Crippen molar-refractivity contribution in [1.29, 1.82) is 0 Å². The van der Waals surface area contributed by atoms with E-state index >= 15 is 0 Å². The van der Waals surface area contributed by atoms with Gasteiger partial charge >= 0.3 is 0 Å². The van der Waals surface area contributed by atoms with Crippen molar-refractivity contribution >= 4 is 18.3 Å². The van der Waals surface area contributed by atoms with Crippen LogP contribution in [0.1, 0.15) is 48.9 Å². The van der Waals surface area contributed by atoms with E-state index in [0.29, 0.717) is 11.8 Å². The maximum Gasteiger partial charge on any atom is 0.225 e. The molecule has 4 heteroatoms. The first-order chi connectivity index (χ1) is 9.99. The number of benzene rings is 1. The molecule has 0 radical (unpaired) electrons. The van der Waals surface area contributed by atoms with E-state index in [1.54, 1.807) is 0 Å².